The molecule has 0 saturated heterocycles. The largest absolute Gasteiger partial charge is 0.510 e. The second-order valence-electron chi connectivity index (χ2n) is 6.36. The Morgan fingerprint density at radius 2 is 1.94 bits per heavy atom. The van der Waals surface area contributed by atoms with Crippen LogP contribution in [0.25, 0.3) is 22.3 Å². The van der Waals surface area contributed by atoms with Gasteiger partial charge in [0.2, 0.25) is 0 Å². The number of ether oxygens (including phenoxy) is 2. The highest BCUT2D eigenvalue weighted by atomic mass is 32.2. The Kier molecular flexibility index (Phi) is 5.89. The number of nitrogens with one attached hydrogen (secondary N) is 1. The van der Waals surface area contributed by atoms with Crippen LogP contribution in [0, 0.1) is 0 Å². The summed E-state index contributed by atoms with van der Waals surface area (Å²) in [6, 6.07) is 14.8. The molecule has 2 aromatic carbocycles. The van der Waals surface area contributed by atoms with E-state index in [1.165, 1.54) is 18.9 Å². The molecule has 2 aromatic heterocycles. The molecule has 10 heteroatoms. The second kappa shape index (κ2) is 8.92. The van der Waals surface area contributed by atoms with Crippen molar-refractivity contribution in [3.05, 3.63) is 66.4 Å². The molecule has 0 amide bonds. The maximum Gasteiger partial charge on any atom is 0.345 e. The third kappa shape index (κ3) is 4.10. The number of hydrogen-bond acceptors (Lipinski definition) is 8. The minimum atomic E-state index is -0.691. The Labute approximate surface area is 181 Å². The normalized spacial score (nSPS) is 11.9. The number of carbonyl (C=O) groups is 1. The number of carbonyl (C=O) groups excluding carboxylic acids is 1. The van der Waals surface area contributed by atoms with Crippen LogP contribution < -0.4 is 4.74 Å². The van der Waals surface area contributed by atoms with Gasteiger partial charge in [-0.05, 0) is 24.3 Å². The van der Waals surface area contributed by atoms with Crippen LogP contribution in [0.2, 0.25) is 0 Å². The number of aromatic amines is 1. The summed E-state index contributed by atoms with van der Waals surface area (Å²) in [5.74, 6) is 0.0580. The molecule has 0 saturated carbocycles. The SMILES string of the molecule is COC(=O)C(=C(O)CSc1nncn1-c1ccccc1OC)c1nc2ccccc2[nH]1. The molecule has 0 atom stereocenters. The highest BCUT2D eigenvalue weighted by Crippen LogP contribution is 2.29. The van der Waals surface area contributed by atoms with E-state index in [0.29, 0.717) is 16.4 Å². The fourth-order valence-corrected chi connectivity index (χ4v) is 3.85. The third-order valence-electron chi connectivity index (χ3n) is 4.50. The third-order valence-corrected chi connectivity index (χ3v) is 5.46. The molecular formula is C21H19N5O4S. The highest BCUT2D eigenvalue weighted by molar-refractivity contribution is 7.99. The smallest absolute Gasteiger partial charge is 0.345 e. The second-order valence-corrected chi connectivity index (χ2v) is 7.30. The quantitative estimate of drug-likeness (QED) is 0.196. The number of hydrogen-bond donors (Lipinski definition) is 2. The first-order valence-electron chi connectivity index (χ1n) is 9.24. The molecule has 4 rings (SSSR count). The molecule has 2 N–H and O–H groups in total. The summed E-state index contributed by atoms with van der Waals surface area (Å²) >= 11 is 1.21. The van der Waals surface area contributed by atoms with Crippen molar-refractivity contribution in [3.63, 3.8) is 0 Å². The molecule has 4 aromatic rings. The maximum absolute atomic E-state index is 12.4. The van der Waals surface area contributed by atoms with Crippen LogP contribution in [0.3, 0.4) is 0 Å². The van der Waals surface area contributed by atoms with Crippen molar-refractivity contribution in [1.29, 1.82) is 0 Å². The number of imidazole rings is 1. The first-order valence-corrected chi connectivity index (χ1v) is 10.2. The van der Waals surface area contributed by atoms with Crippen LogP contribution >= 0.6 is 11.8 Å². The number of aliphatic hydroxyl groups excluding tert-OH is 1. The minimum absolute atomic E-state index is 0.0328. The van der Waals surface area contributed by atoms with E-state index < -0.39 is 5.97 Å². The molecule has 158 valence electrons. The van der Waals surface area contributed by atoms with E-state index in [1.807, 2.05) is 48.5 Å². The summed E-state index contributed by atoms with van der Waals surface area (Å²) in [7, 11) is 2.84. The van der Waals surface area contributed by atoms with Crippen molar-refractivity contribution in [1.82, 2.24) is 24.7 Å². The van der Waals surface area contributed by atoms with Crippen LogP contribution in [0.15, 0.2) is 65.8 Å². The summed E-state index contributed by atoms with van der Waals surface area (Å²) in [6.07, 6.45) is 1.56. The van der Waals surface area contributed by atoms with Crippen LogP contribution in [0.4, 0.5) is 0 Å². The van der Waals surface area contributed by atoms with Gasteiger partial charge >= 0.3 is 5.97 Å². The van der Waals surface area contributed by atoms with Gasteiger partial charge < -0.3 is 19.6 Å². The van der Waals surface area contributed by atoms with Gasteiger partial charge in [0, 0.05) is 0 Å². The molecule has 0 aliphatic rings. The fourth-order valence-electron chi connectivity index (χ4n) is 3.05. The van der Waals surface area contributed by atoms with Gasteiger partial charge in [-0.2, -0.15) is 0 Å². The number of fused-ring (bicyclic) bond motifs is 1. The molecule has 0 fully saturated rings. The Hall–Kier alpha value is -3.79. The molecule has 0 spiro atoms. The van der Waals surface area contributed by atoms with E-state index in [0.717, 1.165) is 11.2 Å². The van der Waals surface area contributed by atoms with Crippen LogP contribution in [-0.4, -0.2) is 55.8 Å². The number of thioether (sulfide) groups is 1. The van der Waals surface area contributed by atoms with Gasteiger partial charge in [-0.3, -0.25) is 4.57 Å². The van der Waals surface area contributed by atoms with E-state index in [4.69, 9.17) is 9.47 Å². The molecule has 0 unspecified atom stereocenters. The van der Waals surface area contributed by atoms with Gasteiger partial charge in [-0.1, -0.05) is 36.0 Å². The van der Waals surface area contributed by atoms with Gasteiger partial charge in [0.1, 0.15) is 29.2 Å². The predicted molar refractivity (Wildman–Crippen MR) is 116 cm³/mol. The summed E-state index contributed by atoms with van der Waals surface area (Å²) in [5.41, 5.74) is 2.14. The molecule has 0 aliphatic heterocycles. The fraction of sp³-hybridized carbons (Fsp3) is 0.143. The summed E-state index contributed by atoms with van der Waals surface area (Å²) in [6.45, 7) is 0. The number of aliphatic hydroxyl groups is 1. The minimum Gasteiger partial charge on any atom is -0.510 e. The Morgan fingerprint density at radius 1 is 1.16 bits per heavy atom. The zero-order valence-corrected chi connectivity index (χ0v) is 17.6. The lowest BCUT2D eigenvalue weighted by Crippen LogP contribution is -2.10. The number of esters is 1. The van der Waals surface area contributed by atoms with E-state index >= 15 is 0 Å². The first-order chi connectivity index (χ1) is 15.1. The Morgan fingerprint density at radius 3 is 2.71 bits per heavy atom. The zero-order chi connectivity index (χ0) is 21.8. The van der Waals surface area contributed by atoms with E-state index in [-0.39, 0.29) is 22.9 Å². The number of benzene rings is 2. The lowest BCUT2D eigenvalue weighted by atomic mass is 10.2. The van der Waals surface area contributed by atoms with Crippen molar-refractivity contribution in [2.45, 2.75) is 5.16 Å². The Bertz CT molecular complexity index is 1230. The van der Waals surface area contributed by atoms with Gasteiger partial charge in [-0.15, -0.1) is 10.2 Å². The van der Waals surface area contributed by atoms with Crippen LogP contribution in [-0.2, 0) is 9.53 Å². The molecule has 2 heterocycles. The monoisotopic (exact) mass is 437 g/mol. The van der Waals surface area contributed by atoms with E-state index in [9.17, 15) is 9.90 Å². The van der Waals surface area contributed by atoms with Gasteiger partial charge in [0.25, 0.3) is 0 Å². The predicted octanol–water partition coefficient (Wildman–Crippen LogP) is 3.39. The van der Waals surface area contributed by atoms with E-state index in [1.54, 1.807) is 18.0 Å². The maximum atomic E-state index is 12.4. The van der Waals surface area contributed by atoms with Gasteiger partial charge in [-0.25, -0.2) is 9.78 Å². The average molecular weight is 437 g/mol. The number of methoxy groups -OCH3 is 2. The Balaban J connectivity index is 1.65. The summed E-state index contributed by atoms with van der Waals surface area (Å²) in [5, 5.41) is 19.4. The van der Waals surface area contributed by atoms with E-state index in [2.05, 4.69) is 20.2 Å². The van der Waals surface area contributed by atoms with Crippen molar-refractivity contribution < 1.29 is 19.4 Å². The molecule has 31 heavy (non-hydrogen) atoms. The summed E-state index contributed by atoms with van der Waals surface area (Å²) < 4.78 is 12.0. The number of aromatic nitrogens is 5. The first kappa shape index (κ1) is 20.5. The highest BCUT2D eigenvalue weighted by Gasteiger charge is 2.23. The van der Waals surface area contributed by atoms with Crippen molar-refractivity contribution in [2.24, 2.45) is 0 Å². The average Bonchev–Trinajstić information content (AvgIpc) is 3.44. The van der Waals surface area contributed by atoms with Crippen LogP contribution in [0.5, 0.6) is 5.75 Å². The molecule has 0 aliphatic carbocycles. The molecule has 9 nitrogen and oxygen atoms in total. The molecular weight excluding hydrogens is 418 g/mol. The van der Waals surface area contributed by atoms with Crippen molar-refractivity contribution in [3.8, 4) is 11.4 Å². The van der Waals surface area contributed by atoms with Crippen molar-refractivity contribution in [2.75, 3.05) is 20.0 Å². The number of rotatable bonds is 7. The van der Waals surface area contributed by atoms with Gasteiger partial charge in [0.05, 0.1) is 36.7 Å². The number of para-hydroxylation sites is 4. The topological polar surface area (TPSA) is 115 Å². The van der Waals surface area contributed by atoms with Crippen LogP contribution in [0.1, 0.15) is 5.82 Å². The summed E-state index contributed by atoms with van der Waals surface area (Å²) in [4.78, 5) is 19.9. The lowest BCUT2D eigenvalue weighted by molar-refractivity contribution is -0.133. The van der Waals surface area contributed by atoms with Crippen molar-refractivity contribution >= 4 is 34.3 Å². The lowest BCUT2D eigenvalue weighted by Gasteiger charge is -2.11. The molecule has 0 radical (unpaired) electrons. The van der Waals surface area contributed by atoms with Gasteiger partial charge in [0.15, 0.2) is 5.16 Å². The molecule has 0 bridgehead atoms. The zero-order valence-electron chi connectivity index (χ0n) is 16.8. The number of nitrogens with zero attached hydrogens (tertiary/aromatic N) is 4. The number of H-pyrrole nitrogens is 1. The standard InChI is InChI=1S/C21H19N5O4S/c1-29-17-10-6-5-9-15(17)26-12-22-25-21(26)31-11-16(27)18(20(28)30-2)19-23-13-7-3-4-8-14(13)24-19/h3-10,12,27H,11H2,1-2H3,(H,23,24).